The Morgan fingerprint density at radius 3 is 2.69 bits per heavy atom. The Balaban J connectivity index is 2.77. The van der Waals surface area contributed by atoms with E-state index in [0.29, 0.717) is 12.8 Å². The van der Waals surface area contributed by atoms with Gasteiger partial charge >= 0.3 is 0 Å². The summed E-state index contributed by atoms with van der Waals surface area (Å²) in [6, 6.07) is -0.255. The quantitative estimate of drug-likeness (QED) is 0.684. The lowest BCUT2D eigenvalue weighted by Crippen LogP contribution is -2.47. The number of nitrogens with two attached hydrogens (primary N) is 1. The van der Waals surface area contributed by atoms with Gasteiger partial charge in [-0.05, 0) is 19.8 Å². The molecule has 0 bridgehead atoms. The molecule has 13 heavy (non-hydrogen) atoms. The average molecular weight is 184 g/mol. The van der Waals surface area contributed by atoms with E-state index in [1.54, 1.807) is 4.90 Å². The lowest BCUT2D eigenvalue weighted by atomic mass is 10.1. The van der Waals surface area contributed by atoms with Crippen LogP contribution in [-0.2, 0) is 9.59 Å². The third-order valence-electron chi connectivity index (χ3n) is 2.59. The molecule has 1 aliphatic heterocycles. The monoisotopic (exact) mass is 184 g/mol. The number of hydrogen-bond donors (Lipinski definition) is 1. The van der Waals surface area contributed by atoms with E-state index in [0.717, 1.165) is 6.42 Å². The van der Waals surface area contributed by atoms with Crippen LogP contribution in [0.1, 0.15) is 33.1 Å². The van der Waals surface area contributed by atoms with Crippen LogP contribution < -0.4 is 5.73 Å². The summed E-state index contributed by atoms with van der Waals surface area (Å²) >= 11 is 0. The normalized spacial score (nSPS) is 24.9. The second-order valence-electron chi connectivity index (χ2n) is 3.52. The standard InChI is InChI=1S/C9H16N2O2/c1-3-7(9(10)13)11-6(2)4-5-8(11)12/h6-7H,3-5H2,1-2H3,(H2,10,13)/t6-,7-/m1/s1. The molecule has 1 saturated heterocycles. The highest BCUT2D eigenvalue weighted by atomic mass is 16.2. The Bertz CT molecular complexity index is 228. The maximum absolute atomic E-state index is 11.4. The average Bonchev–Trinajstić information content (AvgIpc) is 2.36. The van der Waals surface area contributed by atoms with Crippen LogP contribution in [0.25, 0.3) is 0 Å². The molecule has 1 aliphatic rings. The van der Waals surface area contributed by atoms with Gasteiger partial charge in [-0.1, -0.05) is 6.92 Å². The number of rotatable bonds is 3. The van der Waals surface area contributed by atoms with Crippen molar-refractivity contribution in [3.05, 3.63) is 0 Å². The molecule has 2 amide bonds. The summed E-state index contributed by atoms with van der Waals surface area (Å²) in [6.45, 7) is 3.82. The number of carbonyl (C=O) groups is 2. The van der Waals surface area contributed by atoms with E-state index >= 15 is 0 Å². The van der Waals surface area contributed by atoms with Crippen molar-refractivity contribution in [2.75, 3.05) is 0 Å². The van der Waals surface area contributed by atoms with Crippen molar-refractivity contribution in [2.45, 2.75) is 45.2 Å². The Labute approximate surface area is 78.1 Å². The van der Waals surface area contributed by atoms with E-state index in [1.807, 2.05) is 13.8 Å². The minimum Gasteiger partial charge on any atom is -0.368 e. The maximum Gasteiger partial charge on any atom is 0.240 e. The SMILES string of the molecule is CC[C@H](C(N)=O)N1C(=O)CC[C@H]1C. The molecule has 2 N–H and O–H groups in total. The van der Waals surface area contributed by atoms with E-state index < -0.39 is 11.9 Å². The first-order chi connectivity index (χ1) is 6.07. The minimum atomic E-state index is -0.412. The zero-order valence-electron chi connectivity index (χ0n) is 8.12. The van der Waals surface area contributed by atoms with Crippen LogP contribution in [0.5, 0.6) is 0 Å². The Kier molecular flexibility index (Phi) is 2.90. The zero-order chi connectivity index (χ0) is 10.0. The fourth-order valence-electron chi connectivity index (χ4n) is 1.86. The summed E-state index contributed by atoms with van der Waals surface area (Å²) in [5, 5.41) is 0. The lowest BCUT2D eigenvalue weighted by molar-refractivity contribution is -0.137. The van der Waals surface area contributed by atoms with E-state index in [2.05, 4.69) is 0 Å². The second kappa shape index (κ2) is 3.77. The van der Waals surface area contributed by atoms with Crippen LogP contribution in [0.3, 0.4) is 0 Å². The molecule has 0 aromatic carbocycles. The van der Waals surface area contributed by atoms with Crippen molar-refractivity contribution in [1.29, 1.82) is 0 Å². The molecule has 0 spiro atoms. The summed E-state index contributed by atoms with van der Waals surface area (Å²) in [6.07, 6.45) is 1.99. The highest BCUT2D eigenvalue weighted by molar-refractivity contribution is 5.87. The molecule has 1 fully saturated rings. The molecule has 0 saturated carbocycles. The van der Waals surface area contributed by atoms with Gasteiger partial charge < -0.3 is 10.6 Å². The summed E-state index contributed by atoms with van der Waals surface area (Å²) in [5.41, 5.74) is 5.22. The summed E-state index contributed by atoms with van der Waals surface area (Å²) in [5.74, 6) is -0.345. The molecule has 0 aromatic rings. The van der Waals surface area contributed by atoms with Gasteiger partial charge in [0, 0.05) is 12.5 Å². The number of nitrogens with zero attached hydrogens (tertiary/aromatic N) is 1. The molecular weight excluding hydrogens is 168 g/mol. The molecule has 2 atom stereocenters. The molecule has 4 nitrogen and oxygen atoms in total. The third kappa shape index (κ3) is 1.82. The molecule has 4 heteroatoms. The van der Waals surface area contributed by atoms with Gasteiger partial charge in [0.2, 0.25) is 11.8 Å². The lowest BCUT2D eigenvalue weighted by Gasteiger charge is -2.28. The predicted octanol–water partition coefficient (Wildman–Crippen LogP) is 0.261. The summed E-state index contributed by atoms with van der Waals surface area (Å²) in [4.78, 5) is 24.1. The fraction of sp³-hybridized carbons (Fsp3) is 0.778. The fourth-order valence-corrected chi connectivity index (χ4v) is 1.86. The topological polar surface area (TPSA) is 63.4 Å². The number of likely N-dealkylation sites (tertiary alicyclic amines) is 1. The molecule has 0 aliphatic carbocycles. The predicted molar refractivity (Wildman–Crippen MR) is 48.8 cm³/mol. The molecular formula is C9H16N2O2. The summed E-state index contributed by atoms with van der Waals surface area (Å²) < 4.78 is 0. The second-order valence-corrected chi connectivity index (χ2v) is 3.52. The van der Waals surface area contributed by atoms with Gasteiger partial charge in [-0.2, -0.15) is 0 Å². The van der Waals surface area contributed by atoms with Gasteiger partial charge in [0.15, 0.2) is 0 Å². The Morgan fingerprint density at radius 1 is 1.77 bits per heavy atom. The number of amides is 2. The third-order valence-corrected chi connectivity index (χ3v) is 2.59. The molecule has 0 radical (unpaired) electrons. The van der Waals surface area contributed by atoms with Crippen LogP contribution in [0.4, 0.5) is 0 Å². The molecule has 0 aromatic heterocycles. The number of carbonyl (C=O) groups excluding carboxylic acids is 2. The zero-order valence-corrected chi connectivity index (χ0v) is 8.12. The Hall–Kier alpha value is -1.06. The summed E-state index contributed by atoms with van der Waals surface area (Å²) in [7, 11) is 0. The highest BCUT2D eigenvalue weighted by Crippen LogP contribution is 2.22. The van der Waals surface area contributed by atoms with Crippen molar-refractivity contribution in [1.82, 2.24) is 4.90 Å². The van der Waals surface area contributed by atoms with Gasteiger partial charge in [0.05, 0.1) is 0 Å². The number of primary amides is 1. The smallest absolute Gasteiger partial charge is 0.240 e. The van der Waals surface area contributed by atoms with Crippen molar-refractivity contribution in [3.63, 3.8) is 0 Å². The van der Waals surface area contributed by atoms with Crippen LogP contribution >= 0.6 is 0 Å². The van der Waals surface area contributed by atoms with Crippen molar-refractivity contribution < 1.29 is 9.59 Å². The van der Waals surface area contributed by atoms with Gasteiger partial charge in [0.25, 0.3) is 0 Å². The first-order valence-corrected chi connectivity index (χ1v) is 4.68. The maximum atomic E-state index is 11.4. The van der Waals surface area contributed by atoms with E-state index in [-0.39, 0.29) is 11.9 Å². The van der Waals surface area contributed by atoms with Crippen molar-refractivity contribution >= 4 is 11.8 Å². The number of hydrogen-bond acceptors (Lipinski definition) is 2. The molecule has 0 unspecified atom stereocenters. The van der Waals surface area contributed by atoms with Gasteiger partial charge in [-0.25, -0.2) is 0 Å². The van der Waals surface area contributed by atoms with Gasteiger partial charge in [-0.3, -0.25) is 9.59 Å². The largest absolute Gasteiger partial charge is 0.368 e. The molecule has 1 rings (SSSR count). The van der Waals surface area contributed by atoms with Crippen LogP contribution in [0, 0.1) is 0 Å². The van der Waals surface area contributed by atoms with Gasteiger partial charge in [0.1, 0.15) is 6.04 Å². The minimum absolute atomic E-state index is 0.0538. The highest BCUT2D eigenvalue weighted by Gasteiger charge is 2.35. The first kappa shape index (κ1) is 10.0. The molecule has 1 heterocycles. The van der Waals surface area contributed by atoms with E-state index in [9.17, 15) is 9.59 Å². The van der Waals surface area contributed by atoms with Crippen LogP contribution in [0.2, 0.25) is 0 Å². The van der Waals surface area contributed by atoms with Crippen LogP contribution in [-0.4, -0.2) is 28.8 Å². The molecule has 74 valence electrons. The van der Waals surface area contributed by atoms with E-state index in [1.165, 1.54) is 0 Å². The van der Waals surface area contributed by atoms with E-state index in [4.69, 9.17) is 5.73 Å². The van der Waals surface area contributed by atoms with Crippen LogP contribution in [0.15, 0.2) is 0 Å². The first-order valence-electron chi connectivity index (χ1n) is 4.68. The Morgan fingerprint density at radius 2 is 2.38 bits per heavy atom. The van der Waals surface area contributed by atoms with Crippen molar-refractivity contribution in [3.8, 4) is 0 Å². The van der Waals surface area contributed by atoms with Crippen molar-refractivity contribution in [2.24, 2.45) is 5.73 Å². The van der Waals surface area contributed by atoms with Gasteiger partial charge in [-0.15, -0.1) is 0 Å².